The molecule has 0 saturated heterocycles. The van der Waals surface area contributed by atoms with Crippen LogP contribution in [0.1, 0.15) is 35.3 Å². The maximum absolute atomic E-state index is 12.3. The molecule has 0 aliphatic heterocycles. The van der Waals surface area contributed by atoms with Crippen LogP contribution in [0.5, 0.6) is 11.5 Å². The predicted octanol–water partition coefficient (Wildman–Crippen LogP) is 3.92. The number of nitrogens with one attached hydrogen (secondary N) is 2. The van der Waals surface area contributed by atoms with Crippen LogP contribution >= 0.6 is 12.2 Å². The highest BCUT2D eigenvalue weighted by atomic mass is 32.1. The van der Waals surface area contributed by atoms with E-state index in [1.165, 1.54) is 0 Å². The molecule has 132 valence electrons. The van der Waals surface area contributed by atoms with Crippen LogP contribution < -0.4 is 15.4 Å². The summed E-state index contributed by atoms with van der Waals surface area (Å²) in [5, 5.41) is 15.6. The van der Waals surface area contributed by atoms with Crippen LogP contribution in [-0.2, 0) is 0 Å². The van der Waals surface area contributed by atoms with Gasteiger partial charge in [-0.2, -0.15) is 0 Å². The molecule has 0 heterocycles. The molecule has 25 heavy (non-hydrogen) atoms. The lowest BCUT2D eigenvalue weighted by atomic mass is 10.1. The SMILES string of the molecule is Cc1cc(C)c(O)c(NC(=S)NC(=O)c2ccc(OC(C)C)cc2)c1. The number of rotatable bonds is 4. The van der Waals surface area contributed by atoms with Crippen LogP contribution in [0.15, 0.2) is 36.4 Å². The van der Waals surface area contributed by atoms with Crippen molar-refractivity contribution in [1.29, 1.82) is 0 Å². The van der Waals surface area contributed by atoms with Gasteiger partial charge in [-0.3, -0.25) is 10.1 Å². The van der Waals surface area contributed by atoms with Crippen molar-refractivity contribution < 1.29 is 14.6 Å². The highest BCUT2D eigenvalue weighted by molar-refractivity contribution is 7.80. The third-order valence-corrected chi connectivity index (χ3v) is 3.61. The summed E-state index contributed by atoms with van der Waals surface area (Å²) < 4.78 is 5.55. The van der Waals surface area contributed by atoms with Crippen LogP contribution in [-0.4, -0.2) is 22.2 Å². The van der Waals surface area contributed by atoms with Crippen LogP contribution in [0.3, 0.4) is 0 Å². The molecular weight excluding hydrogens is 336 g/mol. The molecule has 0 radical (unpaired) electrons. The van der Waals surface area contributed by atoms with E-state index in [0.717, 1.165) is 11.1 Å². The summed E-state index contributed by atoms with van der Waals surface area (Å²) in [5.74, 6) is 0.474. The first-order valence-electron chi connectivity index (χ1n) is 7.95. The average molecular weight is 358 g/mol. The van der Waals surface area contributed by atoms with E-state index < -0.39 is 0 Å². The van der Waals surface area contributed by atoms with E-state index >= 15 is 0 Å². The van der Waals surface area contributed by atoms with Crippen LogP contribution in [0.2, 0.25) is 0 Å². The van der Waals surface area contributed by atoms with Crippen LogP contribution in [0.4, 0.5) is 5.69 Å². The van der Waals surface area contributed by atoms with Crippen molar-refractivity contribution in [1.82, 2.24) is 5.32 Å². The molecule has 0 saturated carbocycles. The van der Waals surface area contributed by atoms with E-state index in [2.05, 4.69) is 10.6 Å². The molecule has 0 unspecified atom stereocenters. The molecule has 0 spiro atoms. The molecule has 0 atom stereocenters. The number of carbonyl (C=O) groups is 1. The first-order chi connectivity index (χ1) is 11.8. The second kappa shape index (κ2) is 7.98. The predicted molar refractivity (Wildman–Crippen MR) is 103 cm³/mol. The number of aryl methyl sites for hydroxylation is 2. The molecule has 2 rings (SSSR count). The summed E-state index contributed by atoms with van der Waals surface area (Å²) in [5.41, 5.74) is 2.64. The molecule has 2 aromatic carbocycles. The molecule has 5 nitrogen and oxygen atoms in total. The van der Waals surface area contributed by atoms with Crippen molar-refractivity contribution in [2.75, 3.05) is 5.32 Å². The molecule has 1 amide bonds. The molecule has 6 heteroatoms. The van der Waals surface area contributed by atoms with Crippen LogP contribution in [0, 0.1) is 13.8 Å². The Labute approximate surface area is 153 Å². The summed E-state index contributed by atoms with van der Waals surface area (Å²) in [6.45, 7) is 7.59. The van der Waals surface area contributed by atoms with Crippen molar-refractivity contribution >= 4 is 28.9 Å². The maximum atomic E-state index is 12.3. The van der Waals surface area contributed by atoms with E-state index in [1.54, 1.807) is 37.3 Å². The number of phenolic OH excluding ortho intramolecular Hbond substituents is 1. The van der Waals surface area contributed by atoms with E-state index in [1.807, 2.05) is 26.8 Å². The van der Waals surface area contributed by atoms with Crippen molar-refractivity contribution in [2.45, 2.75) is 33.8 Å². The van der Waals surface area contributed by atoms with Crippen molar-refractivity contribution in [3.05, 3.63) is 53.1 Å². The summed E-state index contributed by atoms with van der Waals surface area (Å²) in [6, 6.07) is 10.4. The van der Waals surface area contributed by atoms with Gasteiger partial charge in [0.15, 0.2) is 5.11 Å². The number of hydrogen-bond acceptors (Lipinski definition) is 4. The van der Waals surface area contributed by atoms with Gasteiger partial charge in [0.1, 0.15) is 11.5 Å². The Morgan fingerprint density at radius 3 is 2.40 bits per heavy atom. The van der Waals surface area contributed by atoms with E-state index in [0.29, 0.717) is 17.0 Å². The Bertz CT molecular complexity index is 786. The highest BCUT2D eigenvalue weighted by Crippen LogP contribution is 2.28. The fraction of sp³-hybridized carbons (Fsp3) is 0.263. The van der Waals surface area contributed by atoms with Gasteiger partial charge in [0, 0.05) is 5.56 Å². The second-order valence-corrected chi connectivity index (χ2v) is 6.49. The number of carbonyl (C=O) groups excluding carboxylic acids is 1. The largest absolute Gasteiger partial charge is 0.505 e. The first-order valence-corrected chi connectivity index (χ1v) is 8.36. The number of benzene rings is 2. The maximum Gasteiger partial charge on any atom is 0.257 e. The second-order valence-electron chi connectivity index (χ2n) is 6.08. The molecular formula is C19H22N2O3S. The monoisotopic (exact) mass is 358 g/mol. The van der Waals surface area contributed by atoms with E-state index in [9.17, 15) is 9.90 Å². The van der Waals surface area contributed by atoms with E-state index in [4.69, 9.17) is 17.0 Å². The fourth-order valence-electron chi connectivity index (χ4n) is 2.34. The Hall–Kier alpha value is -2.60. The molecule has 0 aliphatic carbocycles. The topological polar surface area (TPSA) is 70.6 Å². The number of hydrogen-bond donors (Lipinski definition) is 3. The smallest absolute Gasteiger partial charge is 0.257 e. The first kappa shape index (κ1) is 18.7. The number of phenols is 1. The zero-order valence-electron chi connectivity index (χ0n) is 14.7. The van der Waals surface area contributed by atoms with Crippen LogP contribution in [0.25, 0.3) is 0 Å². The molecule has 0 aliphatic rings. The summed E-state index contributed by atoms with van der Waals surface area (Å²) in [6.07, 6.45) is 0.0712. The quantitative estimate of drug-likeness (QED) is 0.571. The van der Waals surface area contributed by atoms with Crippen molar-refractivity contribution in [2.24, 2.45) is 0 Å². The average Bonchev–Trinajstić information content (AvgIpc) is 2.52. The third-order valence-electron chi connectivity index (χ3n) is 3.41. The van der Waals surface area contributed by atoms with Gasteiger partial charge in [-0.05, 0) is 81.4 Å². The minimum absolute atomic E-state index is 0.0712. The lowest BCUT2D eigenvalue weighted by Gasteiger charge is -2.13. The molecule has 0 aromatic heterocycles. The zero-order chi connectivity index (χ0) is 18.6. The lowest BCUT2D eigenvalue weighted by molar-refractivity contribution is 0.0977. The van der Waals surface area contributed by atoms with Gasteiger partial charge in [0.25, 0.3) is 5.91 Å². The van der Waals surface area contributed by atoms with Gasteiger partial charge in [-0.25, -0.2) is 0 Å². The Kier molecular flexibility index (Phi) is 5.98. The number of aromatic hydroxyl groups is 1. The third kappa shape index (κ3) is 5.19. The van der Waals surface area contributed by atoms with Crippen molar-refractivity contribution in [3.63, 3.8) is 0 Å². The lowest BCUT2D eigenvalue weighted by Crippen LogP contribution is -2.34. The van der Waals surface area contributed by atoms with Gasteiger partial charge in [-0.15, -0.1) is 0 Å². The number of ether oxygens (including phenoxy) is 1. The Morgan fingerprint density at radius 2 is 1.80 bits per heavy atom. The van der Waals surface area contributed by atoms with Gasteiger partial charge < -0.3 is 15.2 Å². The summed E-state index contributed by atoms with van der Waals surface area (Å²) in [7, 11) is 0. The van der Waals surface area contributed by atoms with E-state index in [-0.39, 0.29) is 22.9 Å². The van der Waals surface area contributed by atoms with Gasteiger partial charge >= 0.3 is 0 Å². The molecule has 2 aromatic rings. The summed E-state index contributed by atoms with van der Waals surface area (Å²) >= 11 is 5.16. The van der Waals surface area contributed by atoms with Crippen molar-refractivity contribution in [3.8, 4) is 11.5 Å². The molecule has 0 fully saturated rings. The Morgan fingerprint density at radius 1 is 1.16 bits per heavy atom. The Balaban J connectivity index is 2.02. The molecule has 0 bridgehead atoms. The summed E-state index contributed by atoms with van der Waals surface area (Å²) in [4.78, 5) is 12.3. The minimum Gasteiger partial charge on any atom is -0.505 e. The highest BCUT2D eigenvalue weighted by Gasteiger charge is 2.11. The standard InChI is InChI=1S/C19H22N2O3S/c1-11(2)24-15-7-5-14(6-8-15)18(23)21-19(25)20-16-10-12(3)9-13(4)17(16)22/h5-11,22H,1-4H3,(H2,20,21,23,25). The minimum atomic E-state index is -0.336. The number of amides is 1. The van der Waals surface area contributed by atoms with Gasteiger partial charge in [0.2, 0.25) is 0 Å². The fourth-order valence-corrected chi connectivity index (χ4v) is 2.54. The van der Waals surface area contributed by atoms with Gasteiger partial charge in [0.05, 0.1) is 11.8 Å². The van der Waals surface area contributed by atoms with Gasteiger partial charge in [-0.1, -0.05) is 6.07 Å². The number of thiocarbonyl (C=S) groups is 1. The number of anilines is 1. The molecule has 3 N–H and O–H groups in total. The normalized spacial score (nSPS) is 10.4. The zero-order valence-corrected chi connectivity index (χ0v) is 15.5.